The van der Waals surface area contributed by atoms with E-state index in [2.05, 4.69) is 10.6 Å². The van der Waals surface area contributed by atoms with Gasteiger partial charge >= 0.3 is 6.03 Å². The number of urea groups is 1. The number of imide groups is 1. The molecule has 3 aromatic rings. The van der Waals surface area contributed by atoms with Crippen LogP contribution in [0.5, 0.6) is 5.75 Å². The number of halogens is 1. The maximum atomic E-state index is 13.2. The van der Waals surface area contributed by atoms with E-state index in [-0.39, 0.29) is 0 Å². The Hall–Kier alpha value is -3.58. The fourth-order valence-electron chi connectivity index (χ4n) is 3.77. The van der Waals surface area contributed by atoms with E-state index < -0.39 is 29.9 Å². The molecule has 0 spiro atoms. The largest absolute Gasteiger partial charge is 0.495 e. The van der Waals surface area contributed by atoms with Crippen LogP contribution in [0.25, 0.3) is 10.8 Å². The Balaban J connectivity index is 1.55. The van der Waals surface area contributed by atoms with Crippen LogP contribution in [0.4, 0.5) is 10.5 Å². The van der Waals surface area contributed by atoms with Crippen molar-refractivity contribution in [2.45, 2.75) is 12.5 Å². The Morgan fingerprint density at radius 1 is 1.13 bits per heavy atom. The van der Waals surface area contributed by atoms with Gasteiger partial charge in [0.2, 0.25) is 5.91 Å². The molecule has 0 radical (unpaired) electrons. The van der Waals surface area contributed by atoms with Gasteiger partial charge in [-0.15, -0.1) is 0 Å². The van der Waals surface area contributed by atoms with E-state index in [0.717, 1.165) is 15.7 Å². The minimum atomic E-state index is -1.28. The second-order valence-corrected chi connectivity index (χ2v) is 7.78. The van der Waals surface area contributed by atoms with Crippen LogP contribution in [-0.4, -0.2) is 36.4 Å². The van der Waals surface area contributed by atoms with Crippen molar-refractivity contribution in [2.75, 3.05) is 19.0 Å². The first-order valence-electron chi connectivity index (χ1n) is 9.59. The highest BCUT2D eigenvalue weighted by Crippen LogP contribution is 2.34. The molecule has 158 valence electrons. The van der Waals surface area contributed by atoms with Crippen molar-refractivity contribution in [1.82, 2.24) is 10.2 Å². The molecule has 1 fully saturated rings. The number of nitrogens with one attached hydrogen (secondary N) is 2. The number of rotatable bonds is 5. The van der Waals surface area contributed by atoms with Crippen LogP contribution in [0.3, 0.4) is 0 Å². The van der Waals surface area contributed by atoms with Crippen LogP contribution in [0.2, 0.25) is 5.02 Å². The molecular formula is C23H20ClN3O4. The highest BCUT2D eigenvalue weighted by molar-refractivity contribution is 6.32. The molecule has 1 atom stereocenters. The molecule has 8 heteroatoms. The minimum absolute atomic E-state index is 0.332. The van der Waals surface area contributed by atoms with E-state index in [0.29, 0.717) is 22.0 Å². The average molecular weight is 438 g/mol. The maximum Gasteiger partial charge on any atom is 0.325 e. The van der Waals surface area contributed by atoms with Gasteiger partial charge in [-0.1, -0.05) is 54.1 Å². The van der Waals surface area contributed by atoms with Gasteiger partial charge in [0.05, 0.1) is 12.1 Å². The first-order valence-corrected chi connectivity index (χ1v) is 9.97. The van der Waals surface area contributed by atoms with Gasteiger partial charge < -0.3 is 15.4 Å². The number of anilines is 1. The van der Waals surface area contributed by atoms with Gasteiger partial charge in [-0.05, 0) is 41.5 Å². The quantitative estimate of drug-likeness (QED) is 0.592. The molecule has 0 aliphatic carbocycles. The number of fused-ring (bicyclic) bond motifs is 1. The van der Waals surface area contributed by atoms with Crippen LogP contribution in [0.1, 0.15) is 12.5 Å². The molecule has 2 N–H and O–H groups in total. The third kappa shape index (κ3) is 3.68. The van der Waals surface area contributed by atoms with Crippen LogP contribution in [-0.2, 0) is 15.1 Å². The number of carbonyl (C=O) groups excluding carboxylic acids is 3. The number of methoxy groups -OCH3 is 1. The summed E-state index contributed by atoms with van der Waals surface area (Å²) in [6.45, 7) is 1.23. The van der Waals surface area contributed by atoms with Crippen LogP contribution >= 0.6 is 11.6 Å². The normalized spacial score (nSPS) is 18.2. The molecule has 4 amide bonds. The lowest BCUT2D eigenvalue weighted by atomic mass is 9.88. The molecule has 0 aromatic heterocycles. The van der Waals surface area contributed by atoms with Crippen molar-refractivity contribution in [3.8, 4) is 5.75 Å². The predicted octanol–water partition coefficient (Wildman–Crippen LogP) is 3.91. The highest BCUT2D eigenvalue weighted by Gasteiger charge is 2.50. The minimum Gasteiger partial charge on any atom is -0.495 e. The number of amides is 4. The molecule has 4 rings (SSSR count). The summed E-state index contributed by atoms with van der Waals surface area (Å²) < 4.78 is 5.09. The number of hydrogen-bond donors (Lipinski definition) is 2. The highest BCUT2D eigenvalue weighted by atomic mass is 35.5. The summed E-state index contributed by atoms with van der Waals surface area (Å²) in [6.07, 6.45) is 0. The van der Waals surface area contributed by atoms with E-state index in [9.17, 15) is 14.4 Å². The molecule has 3 aromatic carbocycles. The molecule has 0 bridgehead atoms. The van der Waals surface area contributed by atoms with Gasteiger partial charge in [-0.3, -0.25) is 14.5 Å². The fourth-order valence-corrected chi connectivity index (χ4v) is 4.03. The molecule has 7 nitrogen and oxygen atoms in total. The summed E-state index contributed by atoms with van der Waals surface area (Å²) in [5.74, 6) is -0.539. The standard InChI is InChI=1S/C23H20ClN3O4/c1-23(17-9-5-7-14-6-3-4-8-16(14)17)21(29)27(22(30)26-23)13-20(28)25-15-10-11-19(31-2)18(24)12-15/h3-12H,13H2,1-2H3,(H,25,28)(H,26,30). The van der Waals surface area contributed by atoms with Crippen molar-refractivity contribution in [1.29, 1.82) is 0 Å². The molecule has 1 saturated heterocycles. The summed E-state index contributed by atoms with van der Waals surface area (Å²) in [7, 11) is 1.49. The van der Waals surface area contributed by atoms with Gasteiger partial charge in [0.25, 0.3) is 5.91 Å². The van der Waals surface area contributed by atoms with Crippen molar-refractivity contribution < 1.29 is 19.1 Å². The first-order chi connectivity index (χ1) is 14.8. The number of ether oxygens (including phenoxy) is 1. The molecule has 1 unspecified atom stereocenters. The zero-order chi connectivity index (χ0) is 22.2. The van der Waals surface area contributed by atoms with Gasteiger partial charge in [0.15, 0.2) is 0 Å². The van der Waals surface area contributed by atoms with E-state index in [1.807, 2.05) is 42.5 Å². The van der Waals surface area contributed by atoms with Gasteiger partial charge in [-0.2, -0.15) is 0 Å². The van der Waals surface area contributed by atoms with Crippen molar-refractivity contribution in [3.63, 3.8) is 0 Å². The summed E-state index contributed by atoms with van der Waals surface area (Å²) in [5, 5.41) is 7.55. The smallest absolute Gasteiger partial charge is 0.325 e. The zero-order valence-electron chi connectivity index (χ0n) is 16.9. The summed E-state index contributed by atoms with van der Waals surface area (Å²) in [5.41, 5.74) is -0.171. The maximum absolute atomic E-state index is 13.2. The number of hydrogen-bond acceptors (Lipinski definition) is 4. The van der Waals surface area contributed by atoms with Crippen molar-refractivity contribution in [3.05, 3.63) is 71.2 Å². The molecular weight excluding hydrogens is 418 g/mol. The van der Waals surface area contributed by atoms with E-state index in [4.69, 9.17) is 16.3 Å². The predicted molar refractivity (Wildman–Crippen MR) is 118 cm³/mol. The Morgan fingerprint density at radius 3 is 2.61 bits per heavy atom. The monoisotopic (exact) mass is 437 g/mol. The molecule has 1 heterocycles. The zero-order valence-corrected chi connectivity index (χ0v) is 17.7. The number of nitrogens with zero attached hydrogens (tertiary/aromatic N) is 1. The molecule has 1 aliphatic rings. The third-order valence-electron chi connectivity index (χ3n) is 5.34. The SMILES string of the molecule is COc1ccc(NC(=O)CN2C(=O)NC(C)(c3cccc4ccccc34)C2=O)cc1Cl. The molecule has 1 aliphatic heterocycles. The second kappa shape index (κ2) is 7.92. The molecule has 0 saturated carbocycles. The van der Waals surface area contributed by atoms with Gasteiger partial charge in [0.1, 0.15) is 17.8 Å². The van der Waals surface area contributed by atoms with E-state index in [1.165, 1.54) is 13.2 Å². The number of benzene rings is 3. The van der Waals surface area contributed by atoms with Crippen LogP contribution < -0.4 is 15.4 Å². The van der Waals surface area contributed by atoms with Crippen molar-refractivity contribution in [2.24, 2.45) is 0 Å². The Labute approximate surface area is 183 Å². The topological polar surface area (TPSA) is 87.7 Å². The first kappa shape index (κ1) is 20.7. The molecule has 31 heavy (non-hydrogen) atoms. The fraction of sp³-hybridized carbons (Fsp3) is 0.174. The lowest BCUT2D eigenvalue weighted by molar-refractivity contribution is -0.133. The van der Waals surface area contributed by atoms with Crippen LogP contribution in [0.15, 0.2) is 60.7 Å². The summed E-state index contributed by atoms with van der Waals surface area (Å²) in [6, 6.07) is 17.4. The van der Waals surface area contributed by atoms with E-state index >= 15 is 0 Å². The third-order valence-corrected chi connectivity index (χ3v) is 5.64. The lowest BCUT2D eigenvalue weighted by Gasteiger charge is -2.24. The Bertz CT molecular complexity index is 1210. The van der Waals surface area contributed by atoms with Gasteiger partial charge in [0, 0.05) is 5.69 Å². The Morgan fingerprint density at radius 2 is 1.87 bits per heavy atom. The van der Waals surface area contributed by atoms with Crippen LogP contribution in [0, 0.1) is 0 Å². The van der Waals surface area contributed by atoms with Crippen molar-refractivity contribution >= 4 is 45.9 Å². The second-order valence-electron chi connectivity index (χ2n) is 7.37. The van der Waals surface area contributed by atoms with Gasteiger partial charge in [-0.25, -0.2) is 4.79 Å². The number of carbonyl (C=O) groups is 3. The van der Waals surface area contributed by atoms with E-state index in [1.54, 1.807) is 19.1 Å². The lowest BCUT2D eigenvalue weighted by Crippen LogP contribution is -2.42. The summed E-state index contributed by atoms with van der Waals surface area (Å²) in [4.78, 5) is 39.3. The average Bonchev–Trinajstić information content (AvgIpc) is 2.97. The summed E-state index contributed by atoms with van der Waals surface area (Å²) >= 11 is 6.08. The Kier molecular flexibility index (Phi) is 5.29.